The van der Waals surface area contributed by atoms with Crippen LogP contribution >= 0.6 is 0 Å². The quantitative estimate of drug-likeness (QED) is 0.667. The maximum absolute atomic E-state index is 5.59. The first kappa shape index (κ1) is 9.84. The fourth-order valence-electron chi connectivity index (χ4n) is 1.90. The van der Waals surface area contributed by atoms with Gasteiger partial charge in [0.1, 0.15) is 5.82 Å². The minimum absolute atomic E-state index is 0.502. The Kier molecular flexibility index (Phi) is 2.08. The number of rotatable bonds is 1. The van der Waals surface area contributed by atoms with Gasteiger partial charge in [0.2, 0.25) is 0 Å². The molecule has 0 amide bonds. The molecule has 0 spiro atoms. The zero-order valence-corrected chi connectivity index (χ0v) is 9.44. The Hall–Kier alpha value is -2.36. The molecule has 1 aromatic carbocycles. The maximum atomic E-state index is 5.59. The van der Waals surface area contributed by atoms with Crippen molar-refractivity contribution in [2.75, 3.05) is 5.73 Å². The van der Waals surface area contributed by atoms with Crippen LogP contribution in [-0.2, 0) is 0 Å². The number of hydrogen-bond donors (Lipinski definition) is 2. The van der Waals surface area contributed by atoms with Crippen molar-refractivity contribution in [3.63, 3.8) is 0 Å². The van der Waals surface area contributed by atoms with E-state index in [-0.39, 0.29) is 0 Å². The second-order valence-corrected chi connectivity index (χ2v) is 4.09. The number of pyridine rings is 1. The summed E-state index contributed by atoms with van der Waals surface area (Å²) >= 11 is 0. The second kappa shape index (κ2) is 3.59. The average molecular weight is 224 g/mol. The molecule has 3 aromatic rings. The van der Waals surface area contributed by atoms with Crippen molar-refractivity contribution in [3.8, 4) is 11.3 Å². The third-order valence-electron chi connectivity index (χ3n) is 2.77. The molecule has 0 radical (unpaired) electrons. The van der Waals surface area contributed by atoms with E-state index >= 15 is 0 Å². The predicted molar refractivity (Wildman–Crippen MR) is 68.5 cm³/mol. The predicted octanol–water partition coefficient (Wildman–Crippen LogP) is 2.52. The summed E-state index contributed by atoms with van der Waals surface area (Å²) in [5.74, 6) is 0.502. The van der Waals surface area contributed by atoms with Gasteiger partial charge in [-0.05, 0) is 24.4 Å². The van der Waals surface area contributed by atoms with Crippen molar-refractivity contribution in [2.45, 2.75) is 6.92 Å². The molecule has 3 N–H and O–H groups in total. The number of anilines is 1. The third-order valence-corrected chi connectivity index (χ3v) is 2.77. The van der Waals surface area contributed by atoms with Crippen molar-refractivity contribution in [2.24, 2.45) is 0 Å². The highest BCUT2D eigenvalue weighted by Crippen LogP contribution is 2.23. The summed E-state index contributed by atoms with van der Waals surface area (Å²) in [6.07, 6.45) is 1.88. The minimum atomic E-state index is 0.502. The Bertz CT molecular complexity index is 685. The van der Waals surface area contributed by atoms with Gasteiger partial charge in [0, 0.05) is 28.9 Å². The lowest BCUT2D eigenvalue weighted by molar-refractivity contribution is 1.10. The van der Waals surface area contributed by atoms with Gasteiger partial charge in [-0.1, -0.05) is 12.1 Å². The van der Waals surface area contributed by atoms with Gasteiger partial charge in [0.15, 0.2) is 0 Å². The summed E-state index contributed by atoms with van der Waals surface area (Å²) in [6, 6.07) is 10.1. The molecular weight excluding hydrogens is 212 g/mol. The topological polar surface area (TPSA) is 67.6 Å². The molecule has 3 rings (SSSR count). The lowest BCUT2D eigenvalue weighted by Gasteiger charge is -2.02. The molecule has 0 atom stereocenters. The van der Waals surface area contributed by atoms with Gasteiger partial charge < -0.3 is 5.73 Å². The number of H-pyrrole nitrogens is 1. The first-order chi connectivity index (χ1) is 8.22. The highest BCUT2D eigenvalue weighted by atomic mass is 15.2. The minimum Gasteiger partial charge on any atom is -0.382 e. The van der Waals surface area contributed by atoms with E-state index in [2.05, 4.69) is 39.4 Å². The third kappa shape index (κ3) is 1.73. The number of fused-ring (bicyclic) bond motifs is 1. The van der Waals surface area contributed by atoms with Gasteiger partial charge >= 0.3 is 0 Å². The van der Waals surface area contributed by atoms with Crippen LogP contribution in [-0.4, -0.2) is 15.2 Å². The number of nitrogen functional groups attached to an aromatic ring is 1. The summed E-state index contributed by atoms with van der Waals surface area (Å²) in [7, 11) is 0. The molecule has 0 aliphatic rings. The number of aromatic nitrogens is 3. The molecule has 0 aliphatic carbocycles. The second-order valence-electron chi connectivity index (χ2n) is 4.09. The summed E-state index contributed by atoms with van der Waals surface area (Å²) in [6.45, 7) is 1.99. The van der Waals surface area contributed by atoms with Crippen LogP contribution in [0.15, 0.2) is 36.5 Å². The number of nitrogens with two attached hydrogens (primary N) is 1. The van der Waals surface area contributed by atoms with Crippen LogP contribution < -0.4 is 5.73 Å². The van der Waals surface area contributed by atoms with E-state index in [1.165, 1.54) is 5.39 Å². The van der Waals surface area contributed by atoms with Gasteiger partial charge in [-0.15, -0.1) is 0 Å². The monoisotopic (exact) mass is 224 g/mol. The van der Waals surface area contributed by atoms with E-state index < -0.39 is 0 Å². The Morgan fingerprint density at radius 1 is 1.12 bits per heavy atom. The van der Waals surface area contributed by atoms with Crippen LogP contribution in [0.2, 0.25) is 0 Å². The van der Waals surface area contributed by atoms with Crippen LogP contribution in [0.5, 0.6) is 0 Å². The largest absolute Gasteiger partial charge is 0.382 e. The molecule has 4 nitrogen and oxygen atoms in total. The number of nitrogens with one attached hydrogen (secondary N) is 1. The Morgan fingerprint density at radius 3 is 2.76 bits per heavy atom. The standard InChI is InChI=1S/C13H12N4/c1-8-4-9-2-3-10(5-11(9)7-15-8)12-6-13(14)17-16-12/h2-7H,1H3,(H3,14,16,17). The van der Waals surface area contributed by atoms with Crippen molar-refractivity contribution >= 4 is 16.6 Å². The number of benzene rings is 1. The van der Waals surface area contributed by atoms with Crippen LogP contribution in [0.1, 0.15) is 5.69 Å². The first-order valence-electron chi connectivity index (χ1n) is 5.40. The Balaban J connectivity index is 2.16. The molecule has 4 heteroatoms. The normalized spacial score (nSPS) is 10.9. The van der Waals surface area contributed by atoms with Gasteiger partial charge in [-0.2, -0.15) is 5.10 Å². The Morgan fingerprint density at radius 2 is 2.00 bits per heavy atom. The van der Waals surface area contributed by atoms with Gasteiger partial charge in [0.05, 0.1) is 5.69 Å². The number of hydrogen-bond acceptors (Lipinski definition) is 3. The zero-order chi connectivity index (χ0) is 11.8. The van der Waals surface area contributed by atoms with E-state index in [1.807, 2.05) is 19.2 Å². The van der Waals surface area contributed by atoms with Crippen LogP contribution in [0.4, 0.5) is 5.82 Å². The maximum Gasteiger partial charge on any atom is 0.145 e. The first-order valence-corrected chi connectivity index (χ1v) is 5.40. The lowest BCUT2D eigenvalue weighted by Crippen LogP contribution is -1.83. The smallest absolute Gasteiger partial charge is 0.145 e. The van der Waals surface area contributed by atoms with Crippen molar-refractivity contribution in [1.82, 2.24) is 15.2 Å². The number of aromatic amines is 1. The van der Waals surface area contributed by atoms with E-state index in [0.29, 0.717) is 5.82 Å². The molecule has 0 fully saturated rings. The van der Waals surface area contributed by atoms with Crippen LogP contribution in [0.25, 0.3) is 22.0 Å². The van der Waals surface area contributed by atoms with E-state index in [0.717, 1.165) is 22.3 Å². The van der Waals surface area contributed by atoms with Crippen LogP contribution in [0.3, 0.4) is 0 Å². The molecule has 0 bridgehead atoms. The van der Waals surface area contributed by atoms with Crippen molar-refractivity contribution < 1.29 is 0 Å². The van der Waals surface area contributed by atoms with Gasteiger partial charge in [-0.25, -0.2) is 0 Å². The highest BCUT2D eigenvalue weighted by molar-refractivity contribution is 5.86. The van der Waals surface area contributed by atoms with Crippen molar-refractivity contribution in [3.05, 3.63) is 42.2 Å². The molecule has 2 aromatic heterocycles. The zero-order valence-electron chi connectivity index (χ0n) is 9.44. The highest BCUT2D eigenvalue weighted by Gasteiger charge is 2.03. The summed E-state index contributed by atoms with van der Waals surface area (Å²) in [5, 5.41) is 9.13. The van der Waals surface area contributed by atoms with E-state index in [4.69, 9.17) is 5.73 Å². The van der Waals surface area contributed by atoms with Gasteiger partial charge in [-0.3, -0.25) is 10.1 Å². The molecule has 0 aliphatic heterocycles. The fourth-order valence-corrected chi connectivity index (χ4v) is 1.90. The summed E-state index contributed by atoms with van der Waals surface area (Å²) in [4.78, 5) is 4.30. The summed E-state index contributed by atoms with van der Waals surface area (Å²) < 4.78 is 0. The van der Waals surface area contributed by atoms with E-state index in [1.54, 1.807) is 0 Å². The van der Waals surface area contributed by atoms with E-state index in [9.17, 15) is 0 Å². The number of nitrogens with zero attached hydrogens (tertiary/aromatic N) is 2. The molecule has 0 unspecified atom stereocenters. The SMILES string of the molecule is Cc1cc2ccc(-c3cc(N)n[nH]3)cc2cn1. The lowest BCUT2D eigenvalue weighted by atomic mass is 10.1. The van der Waals surface area contributed by atoms with Crippen LogP contribution in [0, 0.1) is 6.92 Å². The Labute approximate surface area is 98.5 Å². The molecule has 0 saturated carbocycles. The average Bonchev–Trinajstić information content (AvgIpc) is 2.75. The molecule has 2 heterocycles. The molecular formula is C13H12N4. The van der Waals surface area contributed by atoms with Gasteiger partial charge in [0.25, 0.3) is 0 Å². The van der Waals surface area contributed by atoms with Crippen molar-refractivity contribution in [1.29, 1.82) is 0 Å². The fraction of sp³-hybridized carbons (Fsp3) is 0.0769. The molecule has 17 heavy (non-hydrogen) atoms. The number of aryl methyl sites for hydroxylation is 1. The molecule has 0 saturated heterocycles. The molecule has 84 valence electrons. The summed E-state index contributed by atoms with van der Waals surface area (Å²) in [5.41, 5.74) is 8.60.